The third kappa shape index (κ3) is 6.14. The summed E-state index contributed by atoms with van der Waals surface area (Å²) in [6.07, 6.45) is 1.83. The van der Waals surface area contributed by atoms with Gasteiger partial charge in [-0.25, -0.2) is 9.79 Å². The fraction of sp³-hybridized carbons (Fsp3) is 0.219. The first-order valence-corrected chi connectivity index (χ1v) is 15.1. The van der Waals surface area contributed by atoms with E-state index in [0.717, 1.165) is 26.0 Å². The van der Waals surface area contributed by atoms with E-state index in [2.05, 4.69) is 27.6 Å². The average molecular weight is 697 g/mol. The van der Waals surface area contributed by atoms with Gasteiger partial charge in [0.25, 0.3) is 5.56 Å². The molecule has 8 nitrogen and oxygen atoms in total. The zero-order chi connectivity index (χ0) is 29.8. The van der Waals surface area contributed by atoms with Crippen molar-refractivity contribution in [3.8, 4) is 17.2 Å². The van der Waals surface area contributed by atoms with Crippen LogP contribution in [0.15, 0.2) is 87.8 Å². The van der Waals surface area contributed by atoms with E-state index in [4.69, 9.17) is 18.9 Å². The van der Waals surface area contributed by atoms with Crippen molar-refractivity contribution in [1.29, 1.82) is 0 Å². The normalized spacial score (nSPS) is 14.7. The second-order valence-corrected chi connectivity index (χ2v) is 11.6. The molecule has 1 unspecified atom stereocenters. The van der Waals surface area contributed by atoms with E-state index in [9.17, 15) is 9.59 Å². The molecule has 3 aromatic carbocycles. The highest BCUT2D eigenvalue weighted by atomic mass is 127. The number of thiazole rings is 1. The van der Waals surface area contributed by atoms with Crippen LogP contribution in [0.2, 0.25) is 0 Å². The number of allylic oxidation sites excluding steroid dienone is 1. The first-order valence-electron chi connectivity index (χ1n) is 13.2. The van der Waals surface area contributed by atoms with Crippen LogP contribution in [0.1, 0.15) is 36.6 Å². The Hall–Kier alpha value is -3.90. The van der Waals surface area contributed by atoms with Crippen molar-refractivity contribution in [2.24, 2.45) is 4.99 Å². The summed E-state index contributed by atoms with van der Waals surface area (Å²) in [4.78, 5) is 32.2. The van der Waals surface area contributed by atoms with Crippen molar-refractivity contribution in [2.45, 2.75) is 26.5 Å². The van der Waals surface area contributed by atoms with Gasteiger partial charge in [0.1, 0.15) is 23.9 Å². The van der Waals surface area contributed by atoms with Crippen LogP contribution >= 0.6 is 33.9 Å². The highest BCUT2D eigenvalue weighted by Crippen LogP contribution is 2.31. The van der Waals surface area contributed by atoms with Gasteiger partial charge < -0.3 is 18.9 Å². The molecule has 1 aliphatic heterocycles. The number of hydrogen-bond acceptors (Lipinski definition) is 8. The van der Waals surface area contributed by atoms with E-state index in [1.54, 1.807) is 44.8 Å². The number of fused-ring (bicyclic) bond motifs is 1. The highest BCUT2D eigenvalue weighted by Gasteiger charge is 2.33. The molecular weight excluding hydrogens is 667 g/mol. The van der Waals surface area contributed by atoms with E-state index in [1.807, 2.05) is 60.7 Å². The minimum absolute atomic E-state index is 0.211. The summed E-state index contributed by atoms with van der Waals surface area (Å²) >= 11 is 3.53. The number of carbonyl (C=O) groups is 1. The first kappa shape index (κ1) is 29.6. The molecule has 5 rings (SSSR count). The zero-order valence-corrected chi connectivity index (χ0v) is 26.5. The van der Waals surface area contributed by atoms with Crippen LogP contribution in [0.25, 0.3) is 6.08 Å². The smallest absolute Gasteiger partial charge is 0.338 e. The number of aromatic nitrogens is 1. The van der Waals surface area contributed by atoms with Crippen molar-refractivity contribution in [3.05, 3.63) is 118 Å². The number of hydrogen-bond donors (Lipinski definition) is 0. The maximum absolute atomic E-state index is 13.9. The van der Waals surface area contributed by atoms with Gasteiger partial charge in [0.05, 0.1) is 42.7 Å². The van der Waals surface area contributed by atoms with Crippen LogP contribution in [-0.4, -0.2) is 31.4 Å². The molecule has 1 atom stereocenters. The monoisotopic (exact) mass is 696 g/mol. The van der Waals surface area contributed by atoms with Gasteiger partial charge in [-0.2, -0.15) is 0 Å². The van der Waals surface area contributed by atoms with Crippen LogP contribution in [0.3, 0.4) is 0 Å². The van der Waals surface area contributed by atoms with E-state index in [1.165, 1.54) is 11.3 Å². The summed E-state index contributed by atoms with van der Waals surface area (Å²) in [6, 6.07) is 20.1. The molecule has 0 fully saturated rings. The summed E-state index contributed by atoms with van der Waals surface area (Å²) in [5, 5.41) is 0. The molecule has 216 valence electrons. The minimum Gasteiger partial charge on any atom is -0.497 e. The Morgan fingerprint density at radius 1 is 1.02 bits per heavy atom. The van der Waals surface area contributed by atoms with Crippen LogP contribution in [0, 0.1) is 3.57 Å². The van der Waals surface area contributed by atoms with Crippen molar-refractivity contribution in [1.82, 2.24) is 4.57 Å². The lowest BCUT2D eigenvalue weighted by Crippen LogP contribution is -2.39. The minimum atomic E-state index is -0.692. The fourth-order valence-corrected chi connectivity index (χ4v) is 6.14. The number of nitrogens with zero attached hydrogens (tertiary/aromatic N) is 2. The maximum Gasteiger partial charge on any atom is 0.338 e. The molecule has 2 heterocycles. The average Bonchev–Trinajstić information content (AvgIpc) is 3.30. The van der Waals surface area contributed by atoms with E-state index in [-0.39, 0.29) is 12.2 Å². The second-order valence-electron chi connectivity index (χ2n) is 9.39. The molecule has 0 bridgehead atoms. The lowest BCUT2D eigenvalue weighted by atomic mass is 9.96. The molecule has 0 saturated carbocycles. The van der Waals surface area contributed by atoms with Gasteiger partial charge in [0.15, 0.2) is 4.80 Å². The molecule has 0 radical (unpaired) electrons. The summed E-state index contributed by atoms with van der Waals surface area (Å²) in [7, 11) is 3.20. The number of rotatable bonds is 9. The summed E-state index contributed by atoms with van der Waals surface area (Å²) in [6.45, 7) is 4.03. The van der Waals surface area contributed by atoms with Crippen LogP contribution < -0.4 is 29.1 Å². The van der Waals surface area contributed by atoms with Gasteiger partial charge in [0, 0.05) is 9.13 Å². The molecule has 0 amide bonds. The van der Waals surface area contributed by atoms with Gasteiger partial charge in [0.2, 0.25) is 0 Å². The third-order valence-corrected chi connectivity index (χ3v) is 8.46. The number of benzene rings is 3. The first-order chi connectivity index (χ1) is 20.3. The third-order valence-electron chi connectivity index (χ3n) is 6.76. The molecule has 4 aromatic rings. The molecule has 10 heteroatoms. The number of methoxy groups -OCH3 is 2. The summed E-state index contributed by atoms with van der Waals surface area (Å²) in [5.41, 5.74) is 3.00. The Kier molecular flexibility index (Phi) is 9.12. The molecule has 42 heavy (non-hydrogen) atoms. The van der Waals surface area contributed by atoms with Gasteiger partial charge >= 0.3 is 5.97 Å². The Labute approximate surface area is 260 Å². The molecule has 1 aliphatic rings. The maximum atomic E-state index is 13.9. The Morgan fingerprint density at radius 3 is 2.40 bits per heavy atom. The van der Waals surface area contributed by atoms with Crippen molar-refractivity contribution < 1.29 is 23.7 Å². The lowest BCUT2D eigenvalue weighted by Gasteiger charge is -2.24. The Bertz CT molecular complexity index is 1820. The topological polar surface area (TPSA) is 88.4 Å². The second kappa shape index (κ2) is 13.0. The van der Waals surface area contributed by atoms with Crippen LogP contribution in [0.4, 0.5) is 0 Å². The highest BCUT2D eigenvalue weighted by molar-refractivity contribution is 14.1. The molecule has 1 aromatic heterocycles. The zero-order valence-electron chi connectivity index (χ0n) is 23.5. The van der Waals surface area contributed by atoms with Gasteiger partial charge in [-0.1, -0.05) is 29.5 Å². The van der Waals surface area contributed by atoms with Crippen molar-refractivity contribution in [3.63, 3.8) is 0 Å². The number of carbonyl (C=O) groups excluding carboxylic acids is 1. The molecule has 0 saturated heterocycles. The van der Waals surface area contributed by atoms with E-state index < -0.39 is 12.0 Å². The van der Waals surface area contributed by atoms with Crippen LogP contribution in [0.5, 0.6) is 17.2 Å². The SMILES string of the molecule is CCOC(=O)C1=C(C)N=c2s/c(=C/c3ccc(OC)c(COc4ccc(I)cc4)c3)c(=O)n2C1c1ccc(OC)cc1. The Balaban J connectivity index is 1.57. The summed E-state index contributed by atoms with van der Waals surface area (Å²) in [5.74, 6) is 1.61. The quantitative estimate of drug-likeness (QED) is 0.181. The number of halogens is 1. The lowest BCUT2D eigenvalue weighted by molar-refractivity contribution is -0.139. The van der Waals surface area contributed by atoms with Gasteiger partial charge in [-0.05, 0) is 102 Å². The summed E-state index contributed by atoms with van der Waals surface area (Å²) < 4.78 is 25.4. The standard InChI is InChI=1S/C32H29IN2O6S/c1-5-40-31(37)28-19(2)34-32-35(29(28)21-7-11-24(38-3)12-8-21)30(36)27(42-32)17-20-6-15-26(39-4)22(16-20)18-41-25-13-9-23(33)10-14-25/h6-17,29H,5,18H2,1-4H3/b27-17+. The van der Waals surface area contributed by atoms with Gasteiger partial charge in [-0.15, -0.1) is 0 Å². The molecule has 0 N–H and O–H groups in total. The molecular formula is C32H29IN2O6S. The van der Waals surface area contributed by atoms with E-state index in [0.29, 0.717) is 38.7 Å². The van der Waals surface area contributed by atoms with Crippen molar-refractivity contribution >= 4 is 46.0 Å². The largest absolute Gasteiger partial charge is 0.497 e. The van der Waals surface area contributed by atoms with E-state index >= 15 is 0 Å². The Morgan fingerprint density at radius 2 is 1.74 bits per heavy atom. The molecule has 0 spiro atoms. The predicted octanol–water partition coefficient (Wildman–Crippen LogP) is 5.00. The van der Waals surface area contributed by atoms with Crippen LogP contribution in [-0.2, 0) is 16.1 Å². The molecule has 0 aliphatic carbocycles. The fourth-order valence-electron chi connectivity index (χ4n) is 4.74. The van der Waals surface area contributed by atoms with Crippen molar-refractivity contribution in [2.75, 3.05) is 20.8 Å². The number of ether oxygens (including phenoxy) is 4. The van der Waals surface area contributed by atoms with Gasteiger partial charge in [-0.3, -0.25) is 9.36 Å². The number of esters is 1. The predicted molar refractivity (Wildman–Crippen MR) is 170 cm³/mol.